The van der Waals surface area contributed by atoms with E-state index in [1.807, 2.05) is 0 Å². The minimum Gasteiger partial charge on any atom is -0.378 e. The number of ether oxygens (including phenoxy) is 1. The zero-order valence-corrected chi connectivity index (χ0v) is 21.4. The molecule has 4 rings (SSSR count). The number of hydrogen-bond donors (Lipinski definition) is 4. The molecule has 1 aromatic heterocycles. The third-order valence-corrected chi connectivity index (χ3v) is 6.32. The zero-order valence-electron chi connectivity index (χ0n) is 21.4. The Kier molecular flexibility index (Phi) is 8.94. The van der Waals surface area contributed by atoms with Crippen LogP contribution in [-0.2, 0) is 9.53 Å². The highest BCUT2D eigenvalue weighted by Gasteiger charge is 2.25. The number of aliphatic imine (C=N–C) groups is 2. The van der Waals surface area contributed by atoms with Crippen molar-refractivity contribution >= 4 is 40.9 Å². The molecule has 0 saturated carbocycles. The number of nitrogens with one attached hydrogen (secondary N) is 2. The lowest BCUT2D eigenvalue weighted by Gasteiger charge is -2.33. The molecule has 0 aliphatic carbocycles. The van der Waals surface area contributed by atoms with E-state index in [4.69, 9.17) is 21.6 Å². The van der Waals surface area contributed by atoms with E-state index in [9.17, 15) is 14.4 Å². The summed E-state index contributed by atoms with van der Waals surface area (Å²) in [6.45, 7) is 3.00. The highest BCUT2D eigenvalue weighted by Crippen LogP contribution is 2.17. The predicted molar refractivity (Wildman–Crippen MR) is 145 cm³/mol. The average molecular weight is 534 g/mol. The van der Waals surface area contributed by atoms with Gasteiger partial charge in [0, 0.05) is 44.0 Å². The number of nitrogens with two attached hydrogens (primary N) is 2. The molecular formula is C26H31N9O4. The molecule has 204 valence electrons. The summed E-state index contributed by atoms with van der Waals surface area (Å²) >= 11 is 0. The third-order valence-electron chi connectivity index (χ3n) is 6.32. The standard InChI is InChI=1S/C26H31N9O4/c27-21(22(28)36)23(31-18-8-6-17(7-9-18)25(38)34-12-14-39-15-13-34)33-26(29)35-11-3-4-19(16-35)32-24(37)20-5-1-2-10-30-20/h1-2,5-10,19,27H,3-4,11-16H2,(H2,28,36)(H,32,37)(H2,29,31,33). The van der Waals surface area contributed by atoms with E-state index in [1.165, 1.54) is 0 Å². The first-order valence-corrected chi connectivity index (χ1v) is 12.6. The van der Waals surface area contributed by atoms with Gasteiger partial charge in [-0.25, -0.2) is 4.99 Å². The van der Waals surface area contributed by atoms with Crippen LogP contribution < -0.4 is 16.8 Å². The van der Waals surface area contributed by atoms with Crippen molar-refractivity contribution in [2.45, 2.75) is 18.9 Å². The molecule has 0 bridgehead atoms. The van der Waals surface area contributed by atoms with Crippen LogP contribution in [0.2, 0.25) is 0 Å². The van der Waals surface area contributed by atoms with E-state index in [1.54, 1.807) is 58.5 Å². The van der Waals surface area contributed by atoms with Crippen molar-refractivity contribution in [3.63, 3.8) is 0 Å². The van der Waals surface area contributed by atoms with Gasteiger partial charge in [-0.15, -0.1) is 0 Å². The molecule has 1 unspecified atom stereocenters. The van der Waals surface area contributed by atoms with Crippen LogP contribution in [-0.4, -0.2) is 95.4 Å². The Morgan fingerprint density at radius 1 is 1.03 bits per heavy atom. The first-order chi connectivity index (χ1) is 18.8. The fraction of sp³-hybridized carbons (Fsp3) is 0.346. The number of likely N-dealkylation sites (tertiary alicyclic amines) is 1. The van der Waals surface area contributed by atoms with E-state index in [-0.39, 0.29) is 29.7 Å². The maximum absolute atomic E-state index is 12.7. The van der Waals surface area contributed by atoms with Crippen molar-refractivity contribution in [1.82, 2.24) is 20.1 Å². The summed E-state index contributed by atoms with van der Waals surface area (Å²) in [5.41, 5.74) is 12.2. The summed E-state index contributed by atoms with van der Waals surface area (Å²) in [4.78, 5) is 53.1. The van der Waals surface area contributed by atoms with E-state index < -0.39 is 11.6 Å². The Morgan fingerprint density at radius 3 is 2.44 bits per heavy atom. The van der Waals surface area contributed by atoms with E-state index in [2.05, 4.69) is 20.3 Å². The van der Waals surface area contributed by atoms with Crippen LogP contribution in [0.5, 0.6) is 0 Å². The quantitative estimate of drug-likeness (QED) is 0.303. The van der Waals surface area contributed by atoms with Gasteiger partial charge in [-0.3, -0.25) is 24.8 Å². The number of pyridine rings is 1. The van der Waals surface area contributed by atoms with Crippen LogP contribution in [0.25, 0.3) is 0 Å². The Labute approximate surface area is 225 Å². The normalized spacial score (nSPS) is 18.4. The number of guanidine groups is 1. The lowest BCUT2D eigenvalue weighted by atomic mass is 10.1. The Bertz CT molecular complexity index is 1270. The summed E-state index contributed by atoms with van der Waals surface area (Å²) in [6.07, 6.45) is 3.04. The molecule has 1 aromatic carbocycles. The number of rotatable bonds is 6. The van der Waals surface area contributed by atoms with Gasteiger partial charge in [0.05, 0.1) is 18.9 Å². The van der Waals surface area contributed by atoms with Crippen LogP contribution >= 0.6 is 0 Å². The molecule has 2 aromatic rings. The number of benzene rings is 1. The zero-order chi connectivity index (χ0) is 27.8. The van der Waals surface area contributed by atoms with Crippen LogP contribution in [0.15, 0.2) is 58.6 Å². The van der Waals surface area contributed by atoms with Gasteiger partial charge in [0.25, 0.3) is 17.7 Å². The number of nitrogens with zero attached hydrogens (tertiary/aromatic N) is 5. The molecule has 2 saturated heterocycles. The molecule has 1 atom stereocenters. The average Bonchev–Trinajstić information content (AvgIpc) is 2.97. The SMILES string of the molecule is N=C(C(N)=O)C(=Nc1ccc(C(=O)N2CCOCC2)cc1)N=C(N)N1CCCC(NC(=O)c2ccccn2)C1. The highest BCUT2D eigenvalue weighted by molar-refractivity contribution is 6.66. The molecule has 2 aliphatic heterocycles. The van der Waals surface area contributed by atoms with E-state index >= 15 is 0 Å². The molecule has 3 amide bonds. The number of amides is 3. The second-order valence-electron chi connectivity index (χ2n) is 9.07. The van der Waals surface area contributed by atoms with Gasteiger partial charge in [0.2, 0.25) is 0 Å². The van der Waals surface area contributed by atoms with Gasteiger partial charge in [-0.1, -0.05) is 6.07 Å². The van der Waals surface area contributed by atoms with E-state index in [0.717, 1.165) is 12.8 Å². The minimum absolute atomic E-state index is 0.0376. The number of carbonyl (C=O) groups is 3. The van der Waals surface area contributed by atoms with Crippen molar-refractivity contribution in [3.8, 4) is 0 Å². The molecule has 2 aliphatic rings. The number of primary amides is 1. The van der Waals surface area contributed by atoms with Crippen molar-refractivity contribution < 1.29 is 19.1 Å². The van der Waals surface area contributed by atoms with Crippen molar-refractivity contribution in [1.29, 1.82) is 5.41 Å². The first kappa shape index (κ1) is 27.4. The molecule has 0 spiro atoms. The first-order valence-electron chi connectivity index (χ1n) is 12.6. The maximum atomic E-state index is 12.7. The summed E-state index contributed by atoms with van der Waals surface area (Å²) in [5, 5.41) is 11.1. The van der Waals surface area contributed by atoms with Crippen LogP contribution in [0.1, 0.15) is 33.7 Å². The largest absolute Gasteiger partial charge is 0.378 e. The summed E-state index contributed by atoms with van der Waals surface area (Å²) in [6, 6.07) is 11.3. The predicted octanol–water partition coefficient (Wildman–Crippen LogP) is 0.298. The molecule has 13 nitrogen and oxygen atoms in total. The lowest BCUT2D eigenvalue weighted by molar-refractivity contribution is -0.111. The van der Waals surface area contributed by atoms with Gasteiger partial charge >= 0.3 is 0 Å². The maximum Gasteiger partial charge on any atom is 0.270 e. The molecule has 3 heterocycles. The van der Waals surface area contributed by atoms with Crippen molar-refractivity contribution in [2.75, 3.05) is 39.4 Å². The van der Waals surface area contributed by atoms with Crippen LogP contribution in [0, 0.1) is 5.41 Å². The molecule has 0 radical (unpaired) electrons. The second kappa shape index (κ2) is 12.7. The minimum atomic E-state index is -1.01. The summed E-state index contributed by atoms with van der Waals surface area (Å²) in [5.74, 6) is -1.63. The van der Waals surface area contributed by atoms with Gasteiger partial charge in [0.15, 0.2) is 17.5 Å². The topological polar surface area (TPSA) is 192 Å². The van der Waals surface area contributed by atoms with Gasteiger partial charge in [-0.2, -0.15) is 4.99 Å². The van der Waals surface area contributed by atoms with Gasteiger partial charge < -0.3 is 31.3 Å². The Balaban J connectivity index is 1.48. The number of piperidine rings is 1. The number of amidine groups is 1. The van der Waals surface area contributed by atoms with Crippen molar-refractivity contribution in [2.24, 2.45) is 21.5 Å². The van der Waals surface area contributed by atoms with Crippen molar-refractivity contribution in [3.05, 3.63) is 59.9 Å². The molecular weight excluding hydrogens is 502 g/mol. The van der Waals surface area contributed by atoms with Gasteiger partial charge in [-0.05, 0) is 49.2 Å². The van der Waals surface area contributed by atoms with Crippen LogP contribution in [0.3, 0.4) is 0 Å². The number of morpholine rings is 1. The van der Waals surface area contributed by atoms with Gasteiger partial charge in [0.1, 0.15) is 5.69 Å². The third kappa shape index (κ3) is 7.23. The Morgan fingerprint density at radius 2 is 1.77 bits per heavy atom. The summed E-state index contributed by atoms with van der Waals surface area (Å²) in [7, 11) is 0. The smallest absolute Gasteiger partial charge is 0.270 e. The second-order valence-corrected chi connectivity index (χ2v) is 9.07. The van der Waals surface area contributed by atoms with E-state index in [0.29, 0.717) is 56.3 Å². The number of hydrogen-bond acceptors (Lipinski definition) is 7. The molecule has 39 heavy (non-hydrogen) atoms. The molecule has 2 fully saturated rings. The van der Waals surface area contributed by atoms with Crippen LogP contribution in [0.4, 0.5) is 5.69 Å². The fourth-order valence-corrected chi connectivity index (χ4v) is 4.24. The number of carbonyl (C=O) groups excluding carboxylic acids is 3. The Hall–Kier alpha value is -4.65. The lowest BCUT2D eigenvalue weighted by Crippen LogP contribution is -2.52. The number of aromatic nitrogens is 1. The summed E-state index contributed by atoms with van der Waals surface area (Å²) < 4.78 is 5.29. The fourth-order valence-electron chi connectivity index (χ4n) is 4.24. The highest BCUT2D eigenvalue weighted by atomic mass is 16.5. The molecule has 6 N–H and O–H groups in total. The monoisotopic (exact) mass is 533 g/mol. The molecule has 13 heteroatoms.